The molecule has 0 aliphatic rings. The zero-order valence-electron chi connectivity index (χ0n) is 6.72. The molecule has 13 heavy (non-hydrogen) atoms. The van der Waals surface area contributed by atoms with Crippen LogP contribution in [-0.4, -0.2) is 0 Å². The van der Waals surface area contributed by atoms with Crippen molar-refractivity contribution < 1.29 is 4.39 Å². The molecular weight excluding hydrogens is 191 g/mol. The van der Waals surface area contributed by atoms with Gasteiger partial charge in [-0.15, -0.1) is 6.42 Å². The first-order chi connectivity index (χ1) is 6.19. The molecule has 0 bridgehead atoms. The van der Waals surface area contributed by atoms with Crippen molar-refractivity contribution in [2.45, 2.75) is 6.04 Å². The molecule has 0 aliphatic heterocycles. The van der Waals surface area contributed by atoms with Crippen molar-refractivity contribution in [2.75, 3.05) is 0 Å². The van der Waals surface area contributed by atoms with Crippen LogP contribution in [0.2, 0.25) is 5.02 Å². The van der Waals surface area contributed by atoms with Crippen LogP contribution in [0.3, 0.4) is 0 Å². The van der Waals surface area contributed by atoms with Gasteiger partial charge in [0.15, 0.2) is 0 Å². The second kappa shape index (κ2) is 4.24. The minimum Gasteiger partial charge on any atom is -0.270 e. The van der Waals surface area contributed by atoms with Gasteiger partial charge in [0, 0.05) is 10.6 Å². The van der Waals surface area contributed by atoms with E-state index >= 15 is 0 Å². The number of hydrogen-bond acceptors (Lipinski definition) is 2. The van der Waals surface area contributed by atoms with E-state index in [0.717, 1.165) is 0 Å². The van der Waals surface area contributed by atoms with Crippen molar-refractivity contribution in [3.8, 4) is 12.3 Å². The average Bonchev–Trinajstić information content (AvgIpc) is 2.10. The standard InChI is InChI=1S/C9H8ClFN2/c1-2-9(13-12)7-4-3-6(11)5-8(7)10/h1,3-5,9,13H,12H2. The fraction of sp³-hybridized carbons (Fsp3) is 0.111. The molecule has 0 heterocycles. The zero-order valence-corrected chi connectivity index (χ0v) is 7.48. The van der Waals surface area contributed by atoms with Crippen molar-refractivity contribution in [3.05, 3.63) is 34.6 Å². The first-order valence-corrected chi connectivity index (χ1v) is 3.94. The van der Waals surface area contributed by atoms with Crippen LogP contribution in [0.4, 0.5) is 4.39 Å². The number of benzene rings is 1. The third-order valence-corrected chi connectivity index (χ3v) is 1.93. The predicted molar refractivity (Wildman–Crippen MR) is 50.3 cm³/mol. The van der Waals surface area contributed by atoms with E-state index < -0.39 is 11.9 Å². The van der Waals surface area contributed by atoms with Gasteiger partial charge in [0.05, 0.1) is 0 Å². The van der Waals surface area contributed by atoms with Gasteiger partial charge in [-0.2, -0.15) is 0 Å². The maximum atomic E-state index is 12.6. The molecule has 3 N–H and O–H groups in total. The van der Waals surface area contributed by atoms with Gasteiger partial charge >= 0.3 is 0 Å². The quantitative estimate of drug-likeness (QED) is 0.431. The summed E-state index contributed by atoms with van der Waals surface area (Å²) < 4.78 is 12.6. The number of terminal acetylenes is 1. The molecule has 2 nitrogen and oxygen atoms in total. The van der Waals surface area contributed by atoms with Gasteiger partial charge in [-0.25, -0.2) is 9.82 Å². The Hall–Kier alpha value is -1.08. The summed E-state index contributed by atoms with van der Waals surface area (Å²) in [5, 5.41) is 0.265. The van der Waals surface area contributed by atoms with Crippen molar-refractivity contribution in [2.24, 2.45) is 5.84 Å². The topological polar surface area (TPSA) is 38.0 Å². The Morgan fingerprint density at radius 1 is 1.62 bits per heavy atom. The van der Waals surface area contributed by atoms with Gasteiger partial charge in [0.1, 0.15) is 11.9 Å². The Bertz CT molecular complexity index is 346. The Balaban J connectivity index is 3.09. The molecule has 0 spiro atoms. The van der Waals surface area contributed by atoms with Crippen LogP contribution < -0.4 is 11.3 Å². The molecule has 0 saturated heterocycles. The molecule has 4 heteroatoms. The number of nitrogens with two attached hydrogens (primary N) is 1. The molecule has 1 unspecified atom stereocenters. The minimum atomic E-state index is -0.493. The largest absolute Gasteiger partial charge is 0.270 e. The zero-order chi connectivity index (χ0) is 9.84. The first kappa shape index (κ1) is 10.0. The highest BCUT2D eigenvalue weighted by atomic mass is 35.5. The maximum Gasteiger partial charge on any atom is 0.124 e. The van der Waals surface area contributed by atoms with E-state index in [1.165, 1.54) is 18.2 Å². The second-order valence-electron chi connectivity index (χ2n) is 2.43. The molecule has 1 atom stereocenters. The van der Waals surface area contributed by atoms with Gasteiger partial charge in [-0.3, -0.25) is 5.84 Å². The fourth-order valence-corrected chi connectivity index (χ4v) is 1.24. The highest BCUT2D eigenvalue weighted by Gasteiger charge is 2.10. The lowest BCUT2D eigenvalue weighted by molar-refractivity contribution is 0.623. The van der Waals surface area contributed by atoms with E-state index in [4.69, 9.17) is 23.9 Å². The third kappa shape index (κ3) is 2.19. The Morgan fingerprint density at radius 3 is 2.77 bits per heavy atom. The monoisotopic (exact) mass is 198 g/mol. The lowest BCUT2D eigenvalue weighted by atomic mass is 10.1. The molecule has 1 rings (SSSR count). The summed E-state index contributed by atoms with van der Waals surface area (Å²) in [5.74, 6) is 7.16. The molecule has 1 aromatic rings. The van der Waals surface area contributed by atoms with E-state index in [1.807, 2.05) is 0 Å². The van der Waals surface area contributed by atoms with Gasteiger partial charge in [-0.05, 0) is 12.1 Å². The van der Waals surface area contributed by atoms with Gasteiger partial charge < -0.3 is 0 Å². The van der Waals surface area contributed by atoms with Crippen molar-refractivity contribution in [1.82, 2.24) is 5.43 Å². The molecular formula is C9H8ClFN2. The van der Waals surface area contributed by atoms with Crippen LogP contribution in [0.15, 0.2) is 18.2 Å². The van der Waals surface area contributed by atoms with Crippen LogP contribution in [-0.2, 0) is 0 Å². The highest BCUT2D eigenvalue weighted by Crippen LogP contribution is 2.22. The van der Waals surface area contributed by atoms with Gasteiger partial charge in [0.25, 0.3) is 0 Å². The normalized spacial score (nSPS) is 12.2. The summed E-state index contributed by atoms with van der Waals surface area (Å²) in [4.78, 5) is 0. The summed E-state index contributed by atoms with van der Waals surface area (Å²) in [6.07, 6.45) is 5.18. The molecule has 0 aromatic heterocycles. The molecule has 0 amide bonds. The fourth-order valence-electron chi connectivity index (χ4n) is 0.963. The Morgan fingerprint density at radius 2 is 2.31 bits per heavy atom. The molecule has 0 radical (unpaired) electrons. The smallest absolute Gasteiger partial charge is 0.124 e. The summed E-state index contributed by atoms with van der Waals surface area (Å²) in [7, 11) is 0. The molecule has 68 valence electrons. The summed E-state index contributed by atoms with van der Waals surface area (Å²) >= 11 is 5.75. The number of rotatable bonds is 2. The maximum absolute atomic E-state index is 12.6. The number of hydrogen-bond donors (Lipinski definition) is 2. The summed E-state index contributed by atoms with van der Waals surface area (Å²) in [6.45, 7) is 0. The Kier molecular flexibility index (Phi) is 3.26. The summed E-state index contributed by atoms with van der Waals surface area (Å²) in [6, 6.07) is 3.48. The second-order valence-corrected chi connectivity index (χ2v) is 2.84. The van der Waals surface area contributed by atoms with Crippen LogP contribution >= 0.6 is 11.6 Å². The third-order valence-electron chi connectivity index (χ3n) is 1.61. The Labute approximate surface area is 80.9 Å². The lowest BCUT2D eigenvalue weighted by Crippen LogP contribution is -2.27. The lowest BCUT2D eigenvalue weighted by Gasteiger charge is -2.10. The average molecular weight is 199 g/mol. The molecule has 1 aromatic carbocycles. The number of hydrazine groups is 1. The van der Waals surface area contributed by atoms with E-state index in [-0.39, 0.29) is 5.02 Å². The van der Waals surface area contributed by atoms with Crippen LogP contribution in [0.25, 0.3) is 0 Å². The van der Waals surface area contributed by atoms with Gasteiger partial charge in [0.2, 0.25) is 0 Å². The highest BCUT2D eigenvalue weighted by molar-refractivity contribution is 6.31. The van der Waals surface area contributed by atoms with Crippen LogP contribution in [0.1, 0.15) is 11.6 Å². The summed E-state index contributed by atoms with van der Waals surface area (Å²) in [5.41, 5.74) is 2.98. The van der Waals surface area contributed by atoms with Crippen molar-refractivity contribution in [1.29, 1.82) is 0 Å². The van der Waals surface area contributed by atoms with Crippen LogP contribution in [0.5, 0.6) is 0 Å². The van der Waals surface area contributed by atoms with Crippen LogP contribution in [0, 0.1) is 18.2 Å². The van der Waals surface area contributed by atoms with E-state index in [0.29, 0.717) is 5.56 Å². The van der Waals surface area contributed by atoms with Crippen molar-refractivity contribution in [3.63, 3.8) is 0 Å². The first-order valence-electron chi connectivity index (χ1n) is 3.56. The van der Waals surface area contributed by atoms with E-state index in [1.54, 1.807) is 0 Å². The number of nitrogens with one attached hydrogen (secondary N) is 1. The number of halogens is 2. The SMILES string of the molecule is C#CC(NN)c1ccc(F)cc1Cl. The molecule has 0 aliphatic carbocycles. The van der Waals surface area contributed by atoms with Crippen molar-refractivity contribution >= 4 is 11.6 Å². The molecule has 0 fully saturated rings. The predicted octanol–water partition coefficient (Wildman–Crippen LogP) is 1.62. The minimum absolute atomic E-state index is 0.265. The molecule has 0 saturated carbocycles. The van der Waals surface area contributed by atoms with E-state index in [9.17, 15) is 4.39 Å². The van der Waals surface area contributed by atoms with Gasteiger partial charge in [-0.1, -0.05) is 23.6 Å². The van der Waals surface area contributed by atoms with E-state index in [2.05, 4.69) is 11.3 Å².